The van der Waals surface area contributed by atoms with Crippen molar-refractivity contribution in [1.82, 2.24) is 0 Å². The monoisotopic (exact) mass is 153 g/mol. The molecule has 0 unspecified atom stereocenters. The molecule has 0 aliphatic heterocycles. The lowest BCUT2D eigenvalue weighted by molar-refractivity contribution is 0.317. The van der Waals surface area contributed by atoms with Gasteiger partial charge in [-0.25, -0.2) is 0 Å². The van der Waals surface area contributed by atoms with Gasteiger partial charge in [-0.3, -0.25) is 0 Å². The first kappa shape index (κ1) is 8.31. The number of nitrogens with zero attached hydrogens (tertiary/aromatic N) is 1. The van der Waals surface area contributed by atoms with E-state index in [4.69, 9.17) is 5.21 Å². The Morgan fingerprint density at radius 2 is 1.73 bits per heavy atom. The van der Waals surface area contributed by atoms with E-state index in [0.717, 1.165) is 30.5 Å². The fourth-order valence-electron chi connectivity index (χ4n) is 1.43. The van der Waals surface area contributed by atoms with Crippen LogP contribution in [0, 0.1) is 0 Å². The maximum atomic E-state index is 8.61. The van der Waals surface area contributed by atoms with Gasteiger partial charge in [0.25, 0.3) is 0 Å². The fraction of sp³-hybridized carbons (Fsp3) is 0.667. The third kappa shape index (κ3) is 2.37. The predicted octanol–water partition coefficient (Wildman–Crippen LogP) is 2.73. The Balaban J connectivity index is 2.53. The number of hydrogen-bond acceptors (Lipinski definition) is 2. The van der Waals surface area contributed by atoms with Crippen molar-refractivity contribution in [2.24, 2.45) is 5.16 Å². The topological polar surface area (TPSA) is 32.6 Å². The van der Waals surface area contributed by atoms with Crippen LogP contribution < -0.4 is 0 Å². The summed E-state index contributed by atoms with van der Waals surface area (Å²) in [6.45, 7) is 3.88. The molecule has 0 aromatic heterocycles. The smallest absolute Gasteiger partial charge is 0.0821 e. The van der Waals surface area contributed by atoms with Crippen LogP contribution in [-0.4, -0.2) is 10.9 Å². The molecule has 0 aromatic rings. The first-order chi connectivity index (χ1) is 5.34. The van der Waals surface area contributed by atoms with Crippen molar-refractivity contribution in [2.75, 3.05) is 0 Å². The molecule has 62 valence electrons. The van der Waals surface area contributed by atoms with E-state index in [1.807, 2.05) is 0 Å². The Bertz CT molecular complexity index is 172. The molecular formula is C9H15NO. The van der Waals surface area contributed by atoms with E-state index < -0.39 is 0 Å². The van der Waals surface area contributed by atoms with Gasteiger partial charge in [0.1, 0.15) is 0 Å². The molecule has 0 spiro atoms. The summed E-state index contributed by atoms with van der Waals surface area (Å²) in [5.74, 6) is 0. The van der Waals surface area contributed by atoms with Gasteiger partial charge in [0, 0.05) is 0 Å². The number of hydrogen-bond donors (Lipinski definition) is 1. The van der Waals surface area contributed by atoms with E-state index in [1.54, 1.807) is 0 Å². The highest BCUT2D eigenvalue weighted by Gasteiger charge is 2.08. The van der Waals surface area contributed by atoms with Gasteiger partial charge in [-0.1, -0.05) is 24.6 Å². The molecule has 1 aliphatic carbocycles. The van der Waals surface area contributed by atoms with Gasteiger partial charge in [0.2, 0.25) is 0 Å². The Morgan fingerprint density at radius 3 is 2.36 bits per heavy atom. The van der Waals surface area contributed by atoms with Crippen molar-refractivity contribution in [3.8, 4) is 0 Å². The molecular weight excluding hydrogens is 138 g/mol. The zero-order chi connectivity index (χ0) is 8.10. The van der Waals surface area contributed by atoms with Crippen LogP contribution in [0.4, 0.5) is 0 Å². The predicted molar refractivity (Wildman–Crippen MR) is 46.1 cm³/mol. The Labute approximate surface area is 67.6 Å². The molecule has 0 bridgehead atoms. The van der Waals surface area contributed by atoms with Crippen LogP contribution in [-0.2, 0) is 0 Å². The summed E-state index contributed by atoms with van der Waals surface area (Å²) in [5.41, 5.74) is 1.83. The summed E-state index contributed by atoms with van der Waals surface area (Å²) in [4.78, 5) is 0. The lowest BCUT2D eigenvalue weighted by atomic mass is 9.96. The average Bonchev–Trinajstić information content (AvgIpc) is 1.98. The van der Waals surface area contributed by atoms with Gasteiger partial charge in [-0.15, -0.1) is 0 Å². The fourth-order valence-corrected chi connectivity index (χ4v) is 1.43. The van der Waals surface area contributed by atoms with Gasteiger partial charge in [-0.2, -0.15) is 0 Å². The standard InChI is InChI=1S/C9H15NO/c1-8-6-4-2-3-5-7-9(8)10-11/h11H,1-7H2/b10-9+. The van der Waals surface area contributed by atoms with Gasteiger partial charge >= 0.3 is 0 Å². The van der Waals surface area contributed by atoms with Crippen molar-refractivity contribution in [3.05, 3.63) is 12.2 Å². The molecule has 0 aromatic carbocycles. The van der Waals surface area contributed by atoms with Crippen LogP contribution in [0.25, 0.3) is 0 Å². The summed E-state index contributed by atoms with van der Waals surface area (Å²) in [7, 11) is 0. The summed E-state index contributed by atoms with van der Waals surface area (Å²) in [6.07, 6.45) is 6.77. The summed E-state index contributed by atoms with van der Waals surface area (Å²) >= 11 is 0. The van der Waals surface area contributed by atoms with E-state index in [-0.39, 0.29) is 0 Å². The Hall–Kier alpha value is -0.790. The zero-order valence-corrected chi connectivity index (χ0v) is 6.84. The minimum Gasteiger partial charge on any atom is -0.411 e. The van der Waals surface area contributed by atoms with Crippen molar-refractivity contribution in [2.45, 2.75) is 38.5 Å². The second-order valence-corrected chi connectivity index (χ2v) is 3.06. The molecule has 1 aliphatic rings. The van der Waals surface area contributed by atoms with Crippen molar-refractivity contribution in [3.63, 3.8) is 0 Å². The molecule has 0 heterocycles. The second-order valence-electron chi connectivity index (χ2n) is 3.06. The first-order valence-corrected chi connectivity index (χ1v) is 4.23. The van der Waals surface area contributed by atoms with Crippen molar-refractivity contribution in [1.29, 1.82) is 0 Å². The van der Waals surface area contributed by atoms with E-state index in [0.29, 0.717) is 0 Å². The molecule has 0 atom stereocenters. The Kier molecular flexibility index (Phi) is 3.14. The SMILES string of the molecule is C=C1CCCCCC/C1=N\O. The molecule has 0 amide bonds. The lowest BCUT2D eigenvalue weighted by Crippen LogP contribution is -2.04. The maximum absolute atomic E-state index is 8.61. The highest BCUT2D eigenvalue weighted by molar-refractivity contribution is 5.99. The van der Waals surface area contributed by atoms with Crippen LogP contribution in [0.1, 0.15) is 38.5 Å². The van der Waals surface area contributed by atoms with E-state index in [2.05, 4.69) is 11.7 Å². The normalized spacial score (nSPS) is 24.7. The zero-order valence-electron chi connectivity index (χ0n) is 6.84. The molecule has 0 saturated heterocycles. The molecule has 1 saturated carbocycles. The maximum Gasteiger partial charge on any atom is 0.0821 e. The molecule has 2 nitrogen and oxygen atoms in total. The largest absolute Gasteiger partial charge is 0.411 e. The highest BCUT2D eigenvalue weighted by atomic mass is 16.4. The van der Waals surface area contributed by atoms with Crippen LogP contribution in [0.2, 0.25) is 0 Å². The Morgan fingerprint density at radius 1 is 1.09 bits per heavy atom. The minimum absolute atomic E-state index is 0.810. The van der Waals surface area contributed by atoms with E-state index in [1.165, 1.54) is 19.3 Å². The van der Waals surface area contributed by atoms with E-state index >= 15 is 0 Å². The molecule has 1 fully saturated rings. The highest BCUT2D eigenvalue weighted by Crippen LogP contribution is 2.18. The van der Waals surface area contributed by atoms with Crippen molar-refractivity contribution < 1.29 is 5.21 Å². The van der Waals surface area contributed by atoms with Gasteiger partial charge < -0.3 is 5.21 Å². The molecule has 1 rings (SSSR count). The summed E-state index contributed by atoms with van der Waals surface area (Å²) in [5, 5.41) is 11.9. The van der Waals surface area contributed by atoms with Gasteiger partial charge in [0.05, 0.1) is 5.71 Å². The van der Waals surface area contributed by atoms with Gasteiger partial charge in [-0.05, 0) is 31.3 Å². The quantitative estimate of drug-likeness (QED) is 0.421. The number of rotatable bonds is 0. The van der Waals surface area contributed by atoms with Crippen LogP contribution >= 0.6 is 0 Å². The van der Waals surface area contributed by atoms with Crippen LogP contribution in [0.3, 0.4) is 0 Å². The lowest BCUT2D eigenvalue weighted by Gasteiger charge is -2.11. The molecule has 0 radical (unpaired) electrons. The summed E-state index contributed by atoms with van der Waals surface area (Å²) in [6, 6.07) is 0. The van der Waals surface area contributed by atoms with Crippen LogP contribution in [0.5, 0.6) is 0 Å². The first-order valence-electron chi connectivity index (χ1n) is 4.23. The molecule has 1 N–H and O–H groups in total. The number of oxime groups is 1. The average molecular weight is 153 g/mol. The molecule has 11 heavy (non-hydrogen) atoms. The molecule has 2 heteroatoms. The summed E-state index contributed by atoms with van der Waals surface area (Å²) < 4.78 is 0. The van der Waals surface area contributed by atoms with Crippen LogP contribution in [0.15, 0.2) is 17.3 Å². The minimum atomic E-state index is 0.810. The second kappa shape index (κ2) is 4.16. The number of allylic oxidation sites excluding steroid dienone is 1. The third-order valence-corrected chi connectivity index (χ3v) is 2.17. The third-order valence-electron chi connectivity index (χ3n) is 2.17. The van der Waals surface area contributed by atoms with Crippen molar-refractivity contribution >= 4 is 5.71 Å². The van der Waals surface area contributed by atoms with E-state index in [9.17, 15) is 0 Å². The van der Waals surface area contributed by atoms with Gasteiger partial charge in [0.15, 0.2) is 0 Å².